The normalized spacial score (nSPS) is 13.1. The highest BCUT2D eigenvalue weighted by Crippen LogP contribution is 2.34. The lowest BCUT2D eigenvalue weighted by Crippen LogP contribution is -2.12. The first kappa shape index (κ1) is 14.6. The Balaban J connectivity index is 2.26. The average molecular weight is 269 g/mol. The highest BCUT2D eigenvalue weighted by molar-refractivity contribution is 5.42. The summed E-state index contributed by atoms with van der Waals surface area (Å²) < 4.78 is 6.03. The van der Waals surface area contributed by atoms with Crippen molar-refractivity contribution in [2.75, 3.05) is 0 Å². The molecular weight excluding hydrogens is 246 g/mol. The standard InChI is InChI=1S/C18H23NO/c1-13(19)14-9-11-15(12-10-14)20-17-8-6-5-7-16(17)18(2,3)4/h5-13H,19H2,1-4H3/t13-/m1/s1. The fourth-order valence-corrected chi connectivity index (χ4v) is 2.14. The molecule has 2 rings (SSSR count). The van der Waals surface area contributed by atoms with Gasteiger partial charge in [0.05, 0.1) is 0 Å². The summed E-state index contributed by atoms with van der Waals surface area (Å²) in [6.45, 7) is 8.54. The molecule has 0 spiro atoms. The molecule has 106 valence electrons. The first-order valence-electron chi connectivity index (χ1n) is 7.01. The van der Waals surface area contributed by atoms with E-state index in [0.29, 0.717) is 0 Å². The van der Waals surface area contributed by atoms with Crippen molar-refractivity contribution in [3.63, 3.8) is 0 Å². The second-order valence-electron chi connectivity index (χ2n) is 6.21. The maximum Gasteiger partial charge on any atom is 0.131 e. The minimum Gasteiger partial charge on any atom is -0.457 e. The van der Waals surface area contributed by atoms with E-state index >= 15 is 0 Å². The van der Waals surface area contributed by atoms with E-state index in [-0.39, 0.29) is 11.5 Å². The number of ether oxygens (including phenoxy) is 1. The molecule has 0 saturated carbocycles. The van der Waals surface area contributed by atoms with Gasteiger partial charge in [0.1, 0.15) is 11.5 Å². The van der Waals surface area contributed by atoms with Crippen LogP contribution >= 0.6 is 0 Å². The molecule has 20 heavy (non-hydrogen) atoms. The van der Waals surface area contributed by atoms with E-state index in [1.165, 1.54) is 5.56 Å². The molecule has 0 saturated heterocycles. The van der Waals surface area contributed by atoms with E-state index in [1.54, 1.807) is 0 Å². The Hall–Kier alpha value is -1.80. The molecule has 0 aliphatic carbocycles. The van der Waals surface area contributed by atoms with E-state index in [0.717, 1.165) is 17.1 Å². The van der Waals surface area contributed by atoms with E-state index in [2.05, 4.69) is 26.8 Å². The summed E-state index contributed by atoms with van der Waals surface area (Å²) in [6.07, 6.45) is 0. The number of benzene rings is 2. The Labute approximate surface area is 121 Å². The van der Waals surface area contributed by atoms with Gasteiger partial charge < -0.3 is 10.5 Å². The van der Waals surface area contributed by atoms with Crippen molar-refractivity contribution in [2.24, 2.45) is 5.73 Å². The molecule has 0 bridgehead atoms. The van der Waals surface area contributed by atoms with Gasteiger partial charge in [0.15, 0.2) is 0 Å². The van der Waals surface area contributed by atoms with Gasteiger partial charge in [0.2, 0.25) is 0 Å². The van der Waals surface area contributed by atoms with Crippen molar-refractivity contribution in [1.82, 2.24) is 0 Å². The number of nitrogens with two attached hydrogens (primary N) is 1. The monoisotopic (exact) mass is 269 g/mol. The lowest BCUT2D eigenvalue weighted by atomic mass is 9.86. The molecule has 0 aromatic heterocycles. The van der Waals surface area contributed by atoms with Gasteiger partial charge in [0.25, 0.3) is 0 Å². The number of rotatable bonds is 3. The van der Waals surface area contributed by atoms with Crippen LogP contribution in [-0.4, -0.2) is 0 Å². The third-order valence-electron chi connectivity index (χ3n) is 3.33. The van der Waals surface area contributed by atoms with Crippen molar-refractivity contribution in [3.05, 3.63) is 59.7 Å². The Morgan fingerprint density at radius 2 is 1.55 bits per heavy atom. The lowest BCUT2D eigenvalue weighted by Gasteiger charge is -2.22. The molecule has 2 N–H and O–H groups in total. The molecule has 2 heteroatoms. The molecule has 0 unspecified atom stereocenters. The molecule has 0 aliphatic heterocycles. The zero-order valence-corrected chi connectivity index (χ0v) is 12.7. The molecule has 2 aromatic rings. The van der Waals surface area contributed by atoms with Gasteiger partial charge in [-0.25, -0.2) is 0 Å². The molecule has 0 heterocycles. The van der Waals surface area contributed by atoms with Crippen molar-refractivity contribution >= 4 is 0 Å². The summed E-state index contributed by atoms with van der Waals surface area (Å²) in [7, 11) is 0. The van der Waals surface area contributed by atoms with E-state index in [9.17, 15) is 0 Å². The van der Waals surface area contributed by atoms with Crippen LogP contribution in [0.1, 0.15) is 44.9 Å². The summed E-state index contributed by atoms with van der Waals surface area (Å²) in [4.78, 5) is 0. The summed E-state index contributed by atoms with van der Waals surface area (Å²) >= 11 is 0. The van der Waals surface area contributed by atoms with Crippen LogP contribution in [0.3, 0.4) is 0 Å². The molecule has 2 nitrogen and oxygen atoms in total. The predicted octanol–water partition coefficient (Wildman–Crippen LogP) is 4.80. The van der Waals surface area contributed by atoms with Gasteiger partial charge in [-0.1, -0.05) is 51.1 Å². The molecule has 1 atom stereocenters. The fraction of sp³-hybridized carbons (Fsp3) is 0.333. The molecule has 0 fully saturated rings. The van der Waals surface area contributed by atoms with E-state index < -0.39 is 0 Å². The zero-order chi connectivity index (χ0) is 14.8. The van der Waals surface area contributed by atoms with Crippen LogP contribution < -0.4 is 10.5 Å². The van der Waals surface area contributed by atoms with Crippen LogP contribution in [0.2, 0.25) is 0 Å². The van der Waals surface area contributed by atoms with Crippen molar-refractivity contribution in [3.8, 4) is 11.5 Å². The minimum absolute atomic E-state index is 0.0471. The van der Waals surface area contributed by atoms with Gasteiger partial charge in [-0.05, 0) is 36.1 Å². The largest absolute Gasteiger partial charge is 0.457 e. The van der Waals surface area contributed by atoms with Crippen LogP contribution in [0.4, 0.5) is 0 Å². The maximum atomic E-state index is 6.03. The number of hydrogen-bond acceptors (Lipinski definition) is 2. The van der Waals surface area contributed by atoms with Crippen LogP contribution in [0.15, 0.2) is 48.5 Å². The Morgan fingerprint density at radius 1 is 0.950 bits per heavy atom. The SMILES string of the molecule is C[C@@H](N)c1ccc(Oc2ccccc2C(C)(C)C)cc1. The summed E-state index contributed by atoms with van der Waals surface area (Å²) in [5, 5.41) is 0. The van der Waals surface area contributed by atoms with Crippen molar-refractivity contribution < 1.29 is 4.74 Å². The predicted molar refractivity (Wildman–Crippen MR) is 84.3 cm³/mol. The molecular formula is C18H23NO. The smallest absolute Gasteiger partial charge is 0.131 e. The van der Waals surface area contributed by atoms with E-state index in [1.807, 2.05) is 49.4 Å². The quantitative estimate of drug-likeness (QED) is 0.869. The minimum atomic E-state index is 0.0471. The molecule has 0 amide bonds. The Bertz CT molecular complexity index is 565. The average Bonchev–Trinajstić information content (AvgIpc) is 2.38. The third-order valence-corrected chi connectivity index (χ3v) is 3.33. The molecule has 2 aromatic carbocycles. The lowest BCUT2D eigenvalue weighted by molar-refractivity contribution is 0.455. The summed E-state index contributed by atoms with van der Waals surface area (Å²) in [6, 6.07) is 16.2. The Morgan fingerprint density at radius 3 is 2.10 bits per heavy atom. The van der Waals surface area contributed by atoms with Crippen molar-refractivity contribution in [1.29, 1.82) is 0 Å². The Kier molecular flexibility index (Phi) is 4.15. The highest BCUT2D eigenvalue weighted by atomic mass is 16.5. The van der Waals surface area contributed by atoms with Crippen LogP contribution in [0.25, 0.3) is 0 Å². The molecule has 0 radical (unpaired) electrons. The van der Waals surface area contributed by atoms with Gasteiger partial charge >= 0.3 is 0 Å². The van der Waals surface area contributed by atoms with Gasteiger partial charge in [-0.2, -0.15) is 0 Å². The highest BCUT2D eigenvalue weighted by Gasteiger charge is 2.18. The second kappa shape index (κ2) is 5.68. The van der Waals surface area contributed by atoms with E-state index in [4.69, 9.17) is 10.5 Å². The van der Waals surface area contributed by atoms with Crippen LogP contribution in [0, 0.1) is 0 Å². The summed E-state index contributed by atoms with van der Waals surface area (Å²) in [5.74, 6) is 1.75. The molecule has 0 aliphatic rings. The van der Waals surface area contributed by atoms with Crippen molar-refractivity contribution in [2.45, 2.75) is 39.2 Å². The van der Waals surface area contributed by atoms with Crippen LogP contribution in [0.5, 0.6) is 11.5 Å². The van der Waals surface area contributed by atoms with Crippen LogP contribution in [-0.2, 0) is 5.41 Å². The summed E-state index contributed by atoms with van der Waals surface area (Å²) in [5.41, 5.74) is 8.23. The second-order valence-corrected chi connectivity index (χ2v) is 6.21. The first-order chi connectivity index (χ1) is 9.38. The topological polar surface area (TPSA) is 35.2 Å². The fourth-order valence-electron chi connectivity index (χ4n) is 2.14. The zero-order valence-electron chi connectivity index (χ0n) is 12.7. The van der Waals surface area contributed by atoms with Gasteiger partial charge in [-0.15, -0.1) is 0 Å². The maximum absolute atomic E-state index is 6.03. The first-order valence-corrected chi connectivity index (χ1v) is 7.01. The van der Waals surface area contributed by atoms with Gasteiger partial charge in [0, 0.05) is 11.6 Å². The number of para-hydroxylation sites is 1. The van der Waals surface area contributed by atoms with Gasteiger partial charge in [-0.3, -0.25) is 0 Å². The third kappa shape index (κ3) is 3.40. The number of hydrogen-bond donors (Lipinski definition) is 1.